The van der Waals surface area contributed by atoms with Gasteiger partial charge in [0, 0.05) is 27.2 Å². The smallest absolute Gasteiger partial charge is 0.193 e. The highest BCUT2D eigenvalue weighted by atomic mass is 19.1. The summed E-state index contributed by atoms with van der Waals surface area (Å²) in [6.07, 6.45) is 1.21. The molecule has 2 atom stereocenters. The van der Waals surface area contributed by atoms with E-state index >= 15 is 0 Å². The Bertz CT molecular complexity index is 763. The number of nitrogens with zero attached hydrogens (tertiary/aromatic N) is 2. The monoisotopic (exact) mass is 355 g/mol. The summed E-state index contributed by atoms with van der Waals surface area (Å²) < 4.78 is 18.8. The maximum atomic E-state index is 13.9. The van der Waals surface area contributed by atoms with Gasteiger partial charge in [-0.25, -0.2) is 4.39 Å². The molecule has 3 rings (SSSR count). The van der Waals surface area contributed by atoms with Crippen molar-refractivity contribution in [2.24, 2.45) is 10.9 Å². The highest BCUT2D eigenvalue weighted by molar-refractivity contribution is 5.79. The Hall–Kier alpha value is -2.56. The second-order valence-electron chi connectivity index (χ2n) is 6.77. The van der Waals surface area contributed by atoms with E-state index in [-0.39, 0.29) is 11.6 Å². The molecule has 0 heterocycles. The largest absolute Gasteiger partial charge is 0.494 e. The molecule has 2 aromatic rings. The van der Waals surface area contributed by atoms with E-state index in [1.165, 1.54) is 25.2 Å². The van der Waals surface area contributed by atoms with Crippen LogP contribution in [0.3, 0.4) is 0 Å². The lowest BCUT2D eigenvalue weighted by Crippen LogP contribution is -2.39. The van der Waals surface area contributed by atoms with Crippen molar-refractivity contribution in [1.29, 1.82) is 0 Å². The summed E-state index contributed by atoms with van der Waals surface area (Å²) in [4.78, 5) is 6.35. The molecular weight excluding hydrogens is 329 g/mol. The summed E-state index contributed by atoms with van der Waals surface area (Å²) in [7, 11) is 5.20. The van der Waals surface area contributed by atoms with Crippen LogP contribution in [0, 0.1) is 11.7 Å². The fourth-order valence-corrected chi connectivity index (χ4v) is 3.35. The molecule has 1 aliphatic rings. The maximum Gasteiger partial charge on any atom is 0.193 e. The fraction of sp³-hybridized carbons (Fsp3) is 0.381. The predicted molar refractivity (Wildman–Crippen MR) is 103 cm³/mol. The third kappa shape index (κ3) is 4.34. The second-order valence-corrected chi connectivity index (χ2v) is 6.77. The van der Waals surface area contributed by atoms with Gasteiger partial charge in [-0.3, -0.25) is 4.99 Å². The average Bonchev–Trinajstić information content (AvgIpc) is 3.43. The van der Waals surface area contributed by atoms with Crippen LogP contribution < -0.4 is 10.1 Å². The molecule has 2 unspecified atom stereocenters. The van der Waals surface area contributed by atoms with Gasteiger partial charge in [-0.05, 0) is 41.5 Å². The van der Waals surface area contributed by atoms with E-state index in [0.717, 1.165) is 18.1 Å². The lowest BCUT2D eigenvalue weighted by molar-refractivity contribution is 0.385. The summed E-state index contributed by atoms with van der Waals surface area (Å²) >= 11 is 0. The van der Waals surface area contributed by atoms with Crippen molar-refractivity contribution in [2.45, 2.75) is 18.9 Å². The van der Waals surface area contributed by atoms with Gasteiger partial charge in [0.15, 0.2) is 17.5 Å². The van der Waals surface area contributed by atoms with E-state index < -0.39 is 0 Å². The summed E-state index contributed by atoms with van der Waals surface area (Å²) in [6.45, 7) is 1.47. The lowest BCUT2D eigenvalue weighted by Gasteiger charge is -2.22. The topological polar surface area (TPSA) is 36.9 Å². The van der Waals surface area contributed by atoms with Crippen LogP contribution in [0.1, 0.15) is 23.5 Å². The number of hydrogen-bond donors (Lipinski definition) is 1. The van der Waals surface area contributed by atoms with E-state index in [9.17, 15) is 4.39 Å². The molecule has 0 radical (unpaired) electrons. The maximum absolute atomic E-state index is 13.9. The summed E-state index contributed by atoms with van der Waals surface area (Å²) in [5, 5.41) is 3.45. The van der Waals surface area contributed by atoms with Gasteiger partial charge < -0.3 is 15.0 Å². The molecule has 0 aliphatic heterocycles. The van der Waals surface area contributed by atoms with Crippen LogP contribution >= 0.6 is 0 Å². The number of methoxy groups -OCH3 is 1. The Kier molecular flexibility index (Phi) is 5.76. The molecule has 1 fully saturated rings. The normalized spacial score (nSPS) is 19.2. The van der Waals surface area contributed by atoms with Crippen LogP contribution in [-0.4, -0.2) is 38.6 Å². The van der Waals surface area contributed by atoms with Crippen LogP contribution in [0.15, 0.2) is 53.5 Å². The number of guanidine groups is 1. The Morgan fingerprint density at radius 2 is 2.04 bits per heavy atom. The molecular formula is C21H26FN3O. The van der Waals surface area contributed by atoms with Crippen molar-refractivity contribution in [3.63, 3.8) is 0 Å². The zero-order valence-electron chi connectivity index (χ0n) is 15.6. The molecule has 0 bridgehead atoms. The predicted octanol–water partition coefficient (Wildman–Crippen LogP) is 3.65. The van der Waals surface area contributed by atoms with Crippen LogP contribution in [0.2, 0.25) is 0 Å². The zero-order chi connectivity index (χ0) is 18.5. The standard InChI is InChI=1S/C21H26FN3O/c1-23-21(24-13-17-12-18(17)16-7-5-4-6-8-16)25(2)14-15-9-10-20(26-3)19(22)11-15/h4-11,17-18H,12-14H2,1-3H3,(H,23,24). The van der Waals surface area contributed by atoms with Gasteiger partial charge in [-0.1, -0.05) is 36.4 Å². The van der Waals surface area contributed by atoms with Crippen molar-refractivity contribution in [2.75, 3.05) is 27.7 Å². The summed E-state index contributed by atoms with van der Waals surface area (Å²) in [5.74, 6) is 2.02. The van der Waals surface area contributed by atoms with E-state index in [2.05, 4.69) is 40.6 Å². The van der Waals surface area contributed by atoms with Gasteiger partial charge in [-0.15, -0.1) is 0 Å². The number of rotatable bonds is 6. The third-order valence-corrected chi connectivity index (χ3v) is 4.88. The fourth-order valence-electron chi connectivity index (χ4n) is 3.35. The average molecular weight is 355 g/mol. The number of aliphatic imine (C=N–C) groups is 1. The molecule has 1 N–H and O–H groups in total. The minimum Gasteiger partial charge on any atom is -0.494 e. The first kappa shape index (κ1) is 18.2. The quantitative estimate of drug-likeness (QED) is 0.635. The highest BCUT2D eigenvalue weighted by Crippen LogP contribution is 2.46. The minimum absolute atomic E-state index is 0.264. The first-order valence-corrected chi connectivity index (χ1v) is 8.91. The van der Waals surface area contributed by atoms with Crippen LogP contribution in [0.5, 0.6) is 5.75 Å². The second kappa shape index (κ2) is 8.21. The van der Waals surface area contributed by atoms with Crippen LogP contribution in [0.25, 0.3) is 0 Å². The van der Waals surface area contributed by atoms with Crippen molar-refractivity contribution in [1.82, 2.24) is 10.2 Å². The lowest BCUT2D eigenvalue weighted by atomic mass is 10.1. The van der Waals surface area contributed by atoms with Gasteiger partial charge in [-0.2, -0.15) is 0 Å². The van der Waals surface area contributed by atoms with Gasteiger partial charge in [0.1, 0.15) is 0 Å². The highest BCUT2D eigenvalue weighted by Gasteiger charge is 2.37. The molecule has 0 spiro atoms. The third-order valence-electron chi connectivity index (χ3n) is 4.88. The van der Waals surface area contributed by atoms with Crippen molar-refractivity contribution >= 4 is 5.96 Å². The molecule has 26 heavy (non-hydrogen) atoms. The number of benzene rings is 2. The van der Waals surface area contributed by atoms with E-state index in [4.69, 9.17) is 4.74 Å². The number of halogens is 1. The minimum atomic E-state index is -0.343. The molecule has 1 saturated carbocycles. The van der Waals surface area contributed by atoms with Crippen LogP contribution in [-0.2, 0) is 6.54 Å². The SMILES string of the molecule is CN=C(NCC1CC1c1ccccc1)N(C)Cc1ccc(OC)c(F)c1. The Morgan fingerprint density at radius 1 is 1.27 bits per heavy atom. The number of ether oxygens (including phenoxy) is 1. The van der Waals surface area contributed by atoms with Gasteiger partial charge in [0.05, 0.1) is 7.11 Å². The van der Waals surface area contributed by atoms with Crippen molar-refractivity contribution in [3.8, 4) is 5.75 Å². The Labute approximate surface area is 154 Å². The zero-order valence-corrected chi connectivity index (χ0v) is 15.6. The molecule has 0 saturated heterocycles. The Balaban J connectivity index is 1.52. The molecule has 138 valence electrons. The molecule has 2 aromatic carbocycles. The molecule has 1 aliphatic carbocycles. The van der Waals surface area contributed by atoms with Gasteiger partial charge >= 0.3 is 0 Å². The summed E-state index contributed by atoms with van der Waals surface area (Å²) in [5.41, 5.74) is 2.29. The number of nitrogens with one attached hydrogen (secondary N) is 1. The molecule has 5 heteroatoms. The first-order valence-electron chi connectivity index (χ1n) is 8.91. The number of hydrogen-bond acceptors (Lipinski definition) is 2. The van der Waals surface area contributed by atoms with E-state index in [1.54, 1.807) is 13.1 Å². The molecule has 0 amide bonds. The van der Waals surface area contributed by atoms with Crippen LogP contribution in [0.4, 0.5) is 4.39 Å². The van der Waals surface area contributed by atoms with Gasteiger partial charge in [0.25, 0.3) is 0 Å². The van der Waals surface area contributed by atoms with Crippen molar-refractivity contribution < 1.29 is 9.13 Å². The van der Waals surface area contributed by atoms with E-state index in [0.29, 0.717) is 18.4 Å². The van der Waals surface area contributed by atoms with Gasteiger partial charge in [0.2, 0.25) is 0 Å². The first-order chi connectivity index (χ1) is 12.6. The molecule has 0 aromatic heterocycles. The van der Waals surface area contributed by atoms with E-state index in [1.807, 2.05) is 18.0 Å². The van der Waals surface area contributed by atoms with Crippen molar-refractivity contribution in [3.05, 3.63) is 65.5 Å². The Morgan fingerprint density at radius 3 is 2.69 bits per heavy atom. The summed E-state index contributed by atoms with van der Waals surface area (Å²) in [6, 6.07) is 15.7. The molecule has 4 nitrogen and oxygen atoms in total.